The number of carbonyl (C=O) groups excluding carboxylic acids is 1. The van der Waals surface area contributed by atoms with Crippen molar-refractivity contribution in [3.63, 3.8) is 0 Å². The minimum absolute atomic E-state index is 0.261. The monoisotopic (exact) mass is 428 g/mol. The summed E-state index contributed by atoms with van der Waals surface area (Å²) < 4.78 is 79.4. The Labute approximate surface area is 166 Å². The van der Waals surface area contributed by atoms with Gasteiger partial charge in [-0.2, -0.15) is 17.6 Å². The number of methoxy groups -OCH3 is 1. The molecule has 30 heavy (non-hydrogen) atoms. The molecule has 0 spiro atoms. The van der Waals surface area contributed by atoms with Crippen molar-refractivity contribution in [3.05, 3.63) is 54.0 Å². The number of aromatic nitrogens is 4. The molecule has 0 saturated heterocycles. The number of hydrogen-bond donors (Lipinski definition) is 0. The van der Waals surface area contributed by atoms with E-state index in [1.165, 1.54) is 13.0 Å². The zero-order valence-electron chi connectivity index (χ0n) is 15.4. The van der Waals surface area contributed by atoms with Crippen molar-refractivity contribution in [1.82, 2.24) is 19.7 Å². The number of alkyl halides is 3. The van der Waals surface area contributed by atoms with Crippen molar-refractivity contribution in [2.24, 2.45) is 0 Å². The lowest BCUT2D eigenvalue weighted by molar-refractivity contribution is -0.148. The molecule has 0 saturated carbocycles. The standard InChI is InChI=1S/C18H13F5N4O3/c1-9(29-2)17(28)30-16-13(18(21,22)23)14(10-5-6-12(20)25-8-10)27(26-16)15-11(19)4-3-7-24-15/h3-9H,1-2H3. The molecule has 3 aromatic rings. The van der Waals surface area contributed by atoms with Crippen LogP contribution in [-0.2, 0) is 15.7 Å². The predicted molar refractivity (Wildman–Crippen MR) is 91.6 cm³/mol. The van der Waals surface area contributed by atoms with E-state index in [4.69, 9.17) is 9.47 Å². The van der Waals surface area contributed by atoms with Gasteiger partial charge in [-0.25, -0.2) is 23.8 Å². The van der Waals surface area contributed by atoms with E-state index in [0.717, 1.165) is 37.7 Å². The van der Waals surface area contributed by atoms with Crippen LogP contribution in [0.15, 0.2) is 36.7 Å². The SMILES string of the molecule is COC(C)C(=O)Oc1nn(-c2ncccc2F)c(-c2ccc(F)nc2)c1C(F)(F)F. The number of pyridine rings is 2. The Morgan fingerprint density at radius 2 is 1.90 bits per heavy atom. The van der Waals surface area contributed by atoms with Gasteiger partial charge < -0.3 is 9.47 Å². The van der Waals surface area contributed by atoms with Crippen molar-refractivity contribution in [2.45, 2.75) is 19.2 Å². The fourth-order valence-electron chi connectivity index (χ4n) is 2.47. The topological polar surface area (TPSA) is 79.1 Å². The molecular formula is C18H13F5N4O3. The molecule has 158 valence electrons. The molecule has 0 N–H and O–H groups in total. The third-order valence-electron chi connectivity index (χ3n) is 3.96. The number of halogens is 5. The van der Waals surface area contributed by atoms with Crippen LogP contribution in [0, 0.1) is 11.8 Å². The normalized spacial score (nSPS) is 12.6. The van der Waals surface area contributed by atoms with Crippen LogP contribution in [-0.4, -0.2) is 38.9 Å². The van der Waals surface area contributed by atoms with Crippen LogP contribution in [0.25, 0.3) is 17.1 Å². The molecule has 7 nitrogen and oxygen atoms in total. The Bertz CT molecular complexity index is 1070. The molecule has 1 unspecified atom stereocenters. The summed E-state index contributed by atoms with van der Waals surface area (Å²) in [4.78, 5) is 19.1. The molecule has 0 aromatic carbocycles. The molecule has 0 bridgehead atoms. The largest absolute Gasteiger partial charge is 0.423 e. The Kier molecular flexibility index (Phi) is 5.78. The van der Waals surface area contributed by atoms with E-state index in [1.54, 1.807) is 0 Å². The second kappa shape index (κ2) is 8.14. The lowest BCUT2D eigenvalue weighted by atomic mass is 10.1. The third-order valence-corrected chi connectivity index (χ3v) is 3.96. The lowest BCUT2D eigenvalue weighted by Gasteiger charge is -2.12. The first-order valence-corrected chi connectivity index (χ1v) is 8.31. The molecular weight excluding hydrogens is 415 g/mol. The van der Waals surface area contributed by atoms with E-state index in [0.29, 0.717) is 4.68 Å². The Balaban J connectivity index is 2.32. The first-order chi connectivity index (χ1) is 14.1. The van der Waals surface area contributed by atoms with Gasteiger partial charge in [0.2, 0.25) is 5.95 Å². The molecule has 3 rings (SSSR count). The highest BCUT2D eigenvalue weighted by Crippen LogP contribution is 2.44. The number of carbonyl (C=O) groups is 1. The number of esters is 1. The summed E-state index contributed by atoms with van der Waals surface area (Å²) in [5.41, 5.74) is -2.48. The van der Waals surface area contributed by atoms with Gasteiger partial charge in [-0.05, 0) is 31.2 Å². The number of hydrogen-bond acceptors (Lipinski definition) is 6. The first kappa shape index (κ1) is 21.3. The van der Waals surface area contributed by atoms with Gasteiger partial charge in [-0.3, -0.25) is 0 Å². The molecule has 0 aliphatic heterocycles. The molecule has 0 fully saturated rings. The molecule has 0 amide bonds. The predicted octanol–water partition coefficient (Wildman–Crippen LogP) is 3.57. The Morgan fingerprint density at radius 1 is 1.17 bits per heavy atom. The Morgan fingerprint density at radius 3 is 2.47 bits per heavy atom. The molecule has 0 radical (unpaired) electrons. The van der Waals surface area contributed by atoms with Gasteiger partial charge in [0.1, 0.15) is 5.56 Å². The van der Waals surface area contributed by atoms with E-state index in [9.17, 15) is 26.7 Å². The van der Waals surface area contributed by atoms with Crippen LogP contribution in [0.5, 0.6) is 5.88 Å². The van der Waals surface area contributed by atoms with Crippen molar-refractivity contribution in [3.8, 4) is 23.0 Å². The van der Waals surface area contributed by atoms with Crippen LogP contribution in [0.4, 0.5) is 22.0 Å². The van der Waals surface area contributed by atoms with Crippen LogP contribution in [0.3, 0.4) is 0 Å². The maximum absolute atomic E-state index is 14.3. The van der Waals surface area contributed by atoms with Gasteiger partial charge in [-0.1, -0.05) is 0 Å². The van der Waals surface area contributed by atoms with Crippen LogP contribution in [0.1, 0.15) is 12.5 Å². The lowest BCUT2D eigenvalue weighted by Crippen LogP contribution is -2.25. The van der Waals surface area contributed by atoms with E-state index in [2.05, 4.69) is 15.1 Å². The maximum atomic E-state index is 14.3. The van der Waals surface area contributed by atoms with E-state index < -0.39 is 53.0 Å². The Hall–Kier alpha value is -3.41. The van der Waals surface area contributed by atoms with Gasteiger partial charge in [-0.15, -0.1) is 5.10 Å². The van der Waals surface area contributed by atoms with Gasteiger partial charge >= 0.3 is 12.1 Å². The molecule has 3 heterocycles. The first-order valence-electron chi connectivity index (χ1n) is 8.31. The second-order valence-corrected chi connectivity index (χ2v) is 5.92. The quantitative estimate of drug-likeness (QED) is 0.351. The number of rotatable bonds is 5. The van der Waals surface area contributed by atoms with Crippen LogP contribution in [0.2, 0.25) is 0 Å². The highest BCUT2D eigenvalue weighted by Gasteiger charge is 2.43. The molecule has 0 aliphatic rings. The van der Waals surface area contributed by atoms with Crippen LogP contribution < -0.4 is 4.74 Å². The van der Waals surface area contributed by atoms with Gasteiger partial charge in [0.15, 0.2) is 17.7 Å². The van der Waals surface area contributed by atoms with E-state index >= 15 is 0 Å². The summed E-state index contributed by atoms with van der Waals surface area (Å²) >= 11 is 0. The van der Waals surface area contributed by atoms with Gasteiger partial charge in [0, 0.05) is 25.1 Å². The van der Waals surface area contributed by atoms with Gasteiger partial charge in [0.05, 0.1) is 5.69 Å². The van der Waals surface area contributed by atoms with Crippen molar-refractivity contribution >= 4 is 5.97 Å². The third kappa shape index (κ3) is 4.13. The number of nitrogens with zero attached hydrogens (tertiary/aromatic N) is 4. The summed E-state index contributed by atoms with van der Waals surface area (Å²) in [6.45, 7) is 1.26. The summed E-state index contributed by atoms with van der Waals surface area (Å²) in [5, 5.41) is 3.64. The molecule has 12 heteroatoms. The van der Waals surface area contributed by atoms with E-state index in [-0.39, 0.29) is 5.56 Å². The summed E-state index contributed by atoms with van der Waals surface area (Å²) in [6, 6.07) is 4.01. The highest BCUT2D eigenvalue weighted by molar-refractivity contribution is 5.78. The minimum Gasteiger partial charge on any atom is -0.403 e. The fraction of sp³-hybridized carbons (Fsp3) is 0.222. The summed E-state index contributed by atoms with van der Waals surface area (Å²) in [5.74, 6) is -4.82. The maximum Gasteiger partial charge on any atom is 0.423 e. The van der Waals surface area contributed by atoms with Gasteiger partial charge in [0.25, 0.3) is 5.88 Å². The highest BCUT2D eigenvalue weighted by atomic mass is 19.4. The van der Waals surface area contributed by atoms with E-state index in [1.807, 2.05) is 0 Å². The van der Waals surface area contributed by atoms with Crippen molar-refractivity contribution < 1.29 is 36.2 Å². The molecule has 3 aromatic heterocycles. The second-order valence-electron chi connectivity index (χ2n) is 5.92. The number of ether oxygens (including phenoxy) is 2. The molecule has 0 aliphatic carbocycles. The van der Waals surface area contributed by atoms with Crippen molar-refractivity contribution in [2.75, 3.05) is 7.11 Å². The van der Waals surface area contributed by atoms with Crippen molar-refractivity contribution in [1.29, 1.82) is 0 Å². The minimum atomic E-state index is -5.08. The summed E-state index contributed by atoms with van der Waals surface area (Å²) in [6.07, 6.45) is -4.33. The average Bonchev–Trinajstić information content (AvgIpc) is 3.07. The summed E-state index contributed by atoms with van der Waals surface area (Å²) in [7, 11) is 1.16. The fourth-order valence-corrected chi connectivity index (χ4v) is 2.47. The molecule has 1 atom stereocenters. The van der Waals surface area contributed by atoms with Crippen LogP contribution >= 0.6 is 0 Å². The zero-order chi connectivity index (χ0) is 22.1. The smallest absolute Gasteiger partial charge is 0.403 e. The zero-order valence-corrected chi connectivity index (χ0v) is 15.4. The average molecular weight is 428 g/mol.